The number of pyridine rings is 1. The fraction of sp³-hybridized carbons (Fsp3) is 0.500. The summed E-state index contributed by atoms with van der Waals surface area (Å²) in [5, 5.41) is 12.6. The summed E-state index contributed by atoms with van der Waals surface area (Å²) >= 11 is 5.90. The molecule has 1 amide bonds. The summed E-state index contributed by atoms with van der Waals surface area (Å²) < 4.78 is 0. The van der Waals surface area contributed by atoms with E-state index in [0.717, 1.165) is 19.3 Å². The van der Waals surface area contributed by atoms with Crippen molar-refractivity contribution in [1.82, 2.24) is 10.3 Å². The van der Waals surface area contributed by atoms with Gasteiger partial charge in [-0.15, -0.1) is 0 Å². The monoisotopic (exact) mass is 254 g/mol. The van der Waals surface area contributed by atoms with Gasteiger partial charge < -0.3 is 10.4 Å². The van der Waals surface area contributed by atoms with Crippen molar-refractivity contribution in [1.29, 1.82) is 0 Å². The van der Waals surface area contributed by atoms with E-state index in [0.29, 0.717) is 23.0 Å². The van der Waals surface area contributed by atoms with Gasteiger partial charge in [-0.25, -0.2) is 0 Å². The highest BCUT2D eigenvalue weighted by Crippen LogP contribution is 2.24. The maximum atomic E-state index is 11.8. The molecule has 1 aliphatic rings. The first-order valence-corrected chi connectivity index (χ1v) is 6.10. The molecule has 17 heavy (non-hydrogen) atoms. The van der Waals surface area contributed by atoms with Crippen molar-refractivity contribution in [2.24, 2.45) is 5.92 Å². The Labute approximate surface area is 105 Å². The number of carbonyl (C=O) groups is 1. The van der Waals surface area contributed by atoms with Crippen molar-refractivity contribution in [3.05, 3.63) is 29.0 Å². The van der Waals surface area contributed by atoms with Gasteiger partial charge in [0, 0.05) is 18.9 Å². The van der Waals surface area contributed by atoms with Crippen LogP contribution < -0.4 is 5.32 Å². The second-order valence-electron chi connectivity index (χ2n) is 4.40. The molecule has 2 unspecified atom stereocenters. The van der Waals surface area contributed by atoms with Crippen molar-refractivity contribution in [3.63, 3.8) is 0 Å². The number of hydrogen-bond acceptors (Lipinski definition) is 3. The van der Waals surface area contributed by atoms with E-state index < -0.39 is 0 Å². The molecule has 5 heteroatoms. The first-order valence-electron chi connectivity index (χ1n) is 5.72. The molecule has 0 radical (unpaired) electrons. The Morgan fingerprint density at radius 3 is 3.06 bits per heavy atom. The van der Waals surface area contributed by atoms with Gasteiger partial charge in [0.1, 0.15) is 0 Å². The molecule has 1 aromatic heterocycles. The second-order valence-corrected chi connectivity index (χ2v) is 4.81. The fourth-order valence-electron chi connectivity index (χ4n) is 2.11. The first kappa shape index (κ1) is 12.3. The highest BCUT2D eigenvalue weighted by molar-refractivity contribution is 6.33. The minimum absolute atomic E-state index is 0.204. The molecule has 4 nitrogen and oxygen atoms in total. The number of aromatic nitrogens is 1. The van der Waals surface area contributed by atoms with E-state index >= 15 is 0 Å². The fourth-order valence-corrected chi connectivity index (χ4v) is 2.30. The van der Waals surface area contributed by atoms with Gasteiger partial charge in [-0.05, 0) is 31.2 Å². The van der Waals surface area contributed by atoms with Gasteiger partial charge in [0.25, 0.3) is 5.91 Å². The van der Waals surface area contributed by atoms with Gasteiger partial charge in [-0.1, -0.05) is 11.6 Å². The number of amides is 1. The third kappa shape index (κ3) is 3.17. The van der Waals surface area contributed by atoms with Crippen molar-refractivity contribution >= 4 is 17.5 Å². The van der Waals surface area contributed by atoms with Gasteiger partial charge in [0.15, 0.2) is 0 Å². The lowest BCUT2D eigenvalue weighted by atomic mass is 10.1. The zero-order valence-electron chi connectivity index (χ0n) is 9.40. The van der Waals surface area contributed by atoms with Crippen LogP contribution in [0.1, 0.15) is 29.6 Å². The van der Waals surface area contributed by atoms with E-state index in [1.54, 1.807) is 12.3 Å². The molecule has 1 aliphatic carbocycles. The lowest BCUT2D eigenvalue weighted by molar-refractivity contribution is 0.0945. The largest absolute Gasteiger partial charge is 0.393 e. The number of carbonyl (C=O) groups excluding carboxylic acids is 1. The van der Waals surface area contributed by atoms with Gasteiger partial charge in [-0.3, -0.25) is 9.78 Å². The summed E-state index contributed by atoms with van der Waals surface area (Å²) in [6.07, 6.45) is 5.35. The van der Waals surface area contributed by atoms with E-state index in [9.17, 15) is 9.90 Å². The molecule has 2 rings (SSSR count). The Balaban J connectivity index is 1.88. The summed E-state index contributed by atoms with van der Waals surface area (Å²) in [5.41, 5.74) is 0.396. The van der Waals surface area contributed by atoms with Crippen molar-refractivity contribution in [2.45, 2.75) is 25.4 Å². The zero-order valence-corrected chi connectivity index (χ0v) is 10.2. The van der Waals surface area contributed by atoms with Crippen LogP contribution in [0.5, 0.6) is 0 Å². The van der Waals surface area contributed by atoms with Crippen LogP contribution >= 0.6 is 11.6 Å². The Morgan fingerprint density at radius 1 is 1.59 bits per heavy atom. The topological polar surface area (TPSA) is 62.2 Å². The number of aliphatic hydroxyl groups is 1. The lowest BCUT2D eigenvalue weighted by Crippen LogP contribution is -2.29. The summed E-state index contributed by atoms with van der Waals surface area (Å²) in [4.78, 5) is 15.7. The maximum Gasteiger partial charge on any atom is 0.254 e. The van der Waals surface area contributed by atoms with E-state index in [1.165, 1.54) is 6.20 Å². The minimum atomic E-state index is -0.209. The second kappa shape index (κ2) is 5.47. The lowest BCUT2D eigenvalue weighted by Gasteiger charge is -2.11. The van der Waals surface area contributed by atoms with Gasteiger partial charge >= 0.3 is 0 Å². The third-order valence-electron chi connectivity index (χ3n) is 3.08. The van der Waals surface area contributed by atoms with Crippen molar-refractivity contribution < 1.29 is 9.90 Å². The molecule has 2 atom stereocenters. The van der Waals surface area contributed by atoms with Crippen molar-refractivity contribution in [2.75, 3.05) is 6.54 Å². The van der Waals surface area contributed by atoms with E-state index in [-0.39, 0.29) is 12.0 Å². The molecule has 1 saturated carbocycles. The molecule has 92 valence electrons. The Bertz CT molecular complexity index is 411. The Kier molecular flexibility index (Phi) is 3.97. The molecular weight excluding hydrogens is 240 g/mol. The Morgan fingerprint density at radius 2 is 2.41 bits per heavy atom. The molecule has 0 bridgehead atoms. The van der Waals surface area contributed by atoms with Crippen LogP contribution in [-0.2, 0) is 0 Å². The predicted molar refractivity (Wildman–Crippen MR) is 64.9 cm³/mol. The summed E-state index contributed by atoms with van der Waals surface area (Å²) in [5.74, 6) is 0.161. The zero-order chi connectivity index (χ0) is 12.3. The number of aliphatic hydroxyl groups excluding tert-OH is 1. The molecule has 0 spiro atoms. The highest BCUT2D eigenvalue weighted by atomic mass is 35.5. The standard InChI is InChI=1S/C12H15ClN2O2/c13-11-3-4-14-7-10(11)12(17)15-6-8-1-2-9(16)5-8/h3-4,7-9,16H,1-2,5-6H2,(H,15,17). The van der Waals surface area contributed by atoms with Crippen molar-refractivity contribution in [3.8, 4) is 0 Å². The summed E-state index contributed by atoms with van der Waals surface area (Å²) in [7, 11) is 0. The van der Waals surface area contributed by atoms with Crippen LogP contribution in [0.2, 0.25) is 5.02 Å². The molecule has 1 aromatic rings. The molecule has 0 aromatic carbocycles. The minimum Gasteiger partial charge on any atom is -0.393 e. The number of rotatable bonds is 3. The quantitative estimate of drug-likeness (QED) is 0.862. The average molecular weight is 255 g/mol. The van der Waals surface area contributed by atoms with E-state index in [2.05, 4.69) is 10.3 Å². The average Bonchev–Trinajstić information content (AvgIpc) is 2.73. The SMILES string of the molecule is O=C(NCC1CCC(O)C1)c1cnccc1Cl. The number of nitrogens with one attached hydrogen (secondary N) is 1. The smallest absolute Gasteiger partial charge is 0.254 e. The summed E-state index contributed by atoms with van der Waals surface area (Å²) in [6, 6.07) is 1.59. The van der Waals surface area contributed by atoms with Gasteiger partial charge in [-0.2, -0.15) is 0 Å². The molecule has 1 fully saturated rings. The van der Waals surface area contributed by atoms with Gasteiger partial charge in [0.05, 0.1) is 16.7 Å². The van der Waals surface area contributed by atoms with Crippen LogP contribution in [0, 0.1) is 5.92 Å². The molecule has 2 N–H and O–H groups in total. The molecule has 0 saturated heterocycles. The maximum absolute atomic E-state index is 11.8. The first-order chi connectivity index (χ1) is 8.16. The van der Waals surface area contributed by atoms with Crippen LogP contribution in [0.15, 0.2) is 18.5 Å². The number of hydrogen-bond donors (Lipinski definition) is 2. The van der Waals surface area contributed by atoms with Crippen LogP contribution in [-0.4, -0.2) is 28.6 Å². The van der Waals surface area contributed by atoms with Crippen LogP contribution in [0.4, 0.5) is 0 Å². The number of nitrogens with zero attached hydrogens (tertiary/aromatic N) is 1. The Hall–Kier alpha value is -1.13. The molecular formula is C12H15ClN2O2. The summed E-state index contributed by atoms with van der Waals surface area (Å²) in [6.45, 7) is 0.584. The normalized spacial score (nSPS) is 23.6. The molecule has 1 heterocycles. The highest BCUT2D eigenvalue weighted by Gasteiger charge is 2.23. The third-order valence-corrected chi connectivity index (χ3v) is 3.41. The molecule has 0 aliphatic heterocycles. The van der Waals surface area contributed by atoms with E-state index in [4.69, 9.17) is 11.6 Å². The van der Waals surface area contributed by atoms with Crippen LogP contribution in [0.25, 0.3) is 0 Å². The predicted octanol–water partition coefficient (Wildman–Crippen LogP) is 1.63. The number of halogens is 1. The van der Waals surface area contributed by atoms with E-state index in [1.807, 2.05) is 0 Å². The van der Waals surface area contributed by atoms with Gasteiger partial charge in [0.2, 0.25) is 0 Å². The van der Waals surface area contributed by atoms with Crippen LogP contribution in [0.3, 0.4) is 0 Å².